The first-order valence-electron chi connectivity index (χ1n) is 9.98. The van der Waals surface area contributed by atoms with Crippen molar-refractivity contribution in [1.29, 1.82) is 0 Å². The molecule has 1 amide bonds. The van der Waals surface area contributed by atoms with E-state index in [1.54, 1.807) is 4.90 Å². The molecule has 3 rings (SSSR count). The van der Waals surface area contributed by atoms with Gasteiger partial charge >= 0.3 is 0 Å². The Kier molecular flexibility index (Phi) is 7.83. The highest BCUT2D eigenvalue weighted by Crippen LogP contribution is 2.26. The summed E-state index contributed by atoms with van der Waals surface area (Å²) in [5.41, 5.74) is 3.21. The zero-order valence-corrected chi connectivity index (χ0v) is 18.5. The van der Waals surface area contributed by atoms with Crippen molar-refractivity contribution in [2.75, 3.05) is 32.9 Å². The van der Waals surface area contributed by atoms with E-state index in [1.807, 2.05) is 36.5 Å². The molecular weight excluding hydrogens is 432 g/mol. The van der Waals surface area contributed by atoms with E-state index in [0.717, 1.165) is 22.1 Å². The number of ether oxygens (including phenoxy) is 2. The van der Waals surface area contributed by atoms with Gasteiger partial charge in [-0.3, -0.25) is 9.79 Å². The van der Waals surface area contributed by atoms with Gasteiger partial charge in [0.05, 0.1) is 23.4 Å². The van der Waals surface area contributed by atoms with Crippen molar-refractivity contribution in [2.24, 2.45) is 4.99 Å². The summed E-state index contributed by atoms with van der Waals surface area (Å²) in [6, 6.07) is 14.1. The van der Waals surface area contributed by atoms with Crippen LogP contribution in [0.25, 0.3) is 0 Å². The molecule has 0 radical (unpaired) electrons. The first kappa shape index (κ1) is 21.5. The third-order valence-corrected chi connectivity index (χ3v) is 5.73. The van der Waals surface area contributed by atoms with Crippen LogP contribution in [0.3, 0.4) is 0 Å². The summed E-state index contributed by atoms with van der Waals surface area (Å²) < 4.78 is 11.8. The van der Waals surface area contributed by atoms with E-state index in [2.05, 4.69) is 46.9 Å². The van der Waals surface area contributed by atoms with Crippen LogP contribution in [0.1, 0.15) is 37.3 Å². The number of hydrogen-bond donors (Lipinski definition) is 0. The van der Waals surface area contributed by atoms with Crippen LogP contribution >= 0.6 is 15.9 Å². The number of aliphatic imine (C=N–C) groups is 1. The number of halogens is 1. The third-order valence-electron chi connectivity index (χ3n) is 5.11. The normalized spacial score (nSPS) is 15.5. The lowest BCUT2D eigenvalue weighted by atomic mass is 9.99. The van der Waals surface area contributed by atoms with E-state index in [4.69, 9.17) is 9.47 Å². The average molecular weight is 459 g/mol. The summed E-state index contributed by atoms with van der Waals surface area (Å²) in [7, 11) is 0. The second-order valence-corrected chi connectivity index (χ2v) is 7.99. The minimum absolute atomic E-state index is 0.0216. The lowest BCUT2D eigenvalue weighted by Crippen LogP contribution is -2.43. The predicted molar refractivity (Wildman–Crippen MR) is 119 cm³/mol. The molecule has 1 saturated heterocycles. The summed E-state index contributed by atoms with van der Waals surface area (Å²) in [4.78, 5) is 18.5. The van der Waals surface area contributed by atoms with Crippen LogP contribution in [-0.4, -0.2) is 49.9 Å². The second-order valence-electron chi connectivity index (χ2n) is 7.13. The molecule has 1 fully saturated rings. The molecule has 29 heavy (non-hydrogen) atoms. The van der Waals surface area contributed by atoms with Gasteiger partial charge in [-0.1, -0.05) is 26.0 Å². The molecule has 0 aliphatic carbocycles. The quantitative estimate of drug-likeness (QED) is 0.551. The highest BCUT2D eigenvalue weighted by molar-refractivity contribution is 9.10. The Labute approximate surface area is 180 Å². The lowest BCUT2D eigenvalue weighted by Gasteiger charge is -2.26. The molecule has 6 heteroatoms. The minimum atomic E-state index is -0.0216. The van der Waals surface area contributed by atoms with Crippen molar-refractivity contribution in [3.63, 3.8) is 0 Å². The smallest absolute Gasteiger partial charge is 0.260 e. The van der Waals surface area contributed by atoms with Crippen LogP contribution in [0.5, 0.6) is 5.75 Å². The zero-order valence-electron chi connectivity index (χ0n) is 16.9. The lowest BCUT2D eigenvalue weighted by molar-refractivity contribution is -0.137. The number of nitrogens with zero attached hydrogens (tertiary/aromatic N) is 2. The topological polar surface area (TPSA) is 51.1 Å². The van der Waals surface area contributed by atoms with Crippen molar-refractivity contribution in [1.82, 2.24) is 4.90 Å². The monoisotopic (exact) mass is 458 g/mol. The minimum Gasteiger partial charge on any atom is -0.483 e. The van der Waals surface area contributed by atoms with Gasteiger partial charge < -0.3 is 14.4 Å². The number of rotatable bonds is 7. The third kappa shape index (κ3) is 6.15. The summed E-state index contributed by atoms with van der Waals surface area (Å²) in [5.74, 6) is 1.18. The molecule has 0 unspecified atom stereocenters. The van der Waals surface area contributed by atoms with Crippen LogP contribution in [0.15, 0.2) is 51.9 Å². The summed E-state index contributed by atoms with van der Waals surface area (Å²) in [6.45, 7) is 6.87. The first-order valence-corrected chi connectivity index (χ1v) is 10.8. The Balaban J connectivity index is 1.57. The Morgan fingerprint density at radius 3 is 2.62 bits per heavy atom. The SMILES string of the molecule is CC[C@@H](C)c1ccc(N=Cc2ccc(OCC(=O)N3CCOCC3)c(Br)c2)cc1. The van der Waals surface area contributed by atoms with Crippen molar-refractivity contribution < 1.29 is 14.3 Å². The number of carbonyl (C=O) groups excluding carboxylic acids is 1. The molecule has 2 aromatic rings. The number of benzene rings is 2. The molecule has 5 nitrogen and oxygen atoms in total. The van der Waals surface area contributed by atoms with Gasteiger partial charge in [-0.2, -0.15) is 0 Å². The largest absolute Gasteiger partial charge is 0.483 e. The summed E-state index contributed by atoms with van der Waals surface area (Å²) >= 11 is 3.52. The highest BCUT2D eigenvalue weighted by atomic mass is 79.9. The van der Waals surface area contributed by atoms with Crippen LogP contribution in [0.2, 0.25) is 0 Å². The van der Waals surface area contributed by atoms with Crippen LogP contribution in [-0.2, 0) is 9.53 Å². The first-order chi connectivity index (χ1) is 14.1. The fourth-order valence-corrected chi connectivity index (χ4v) is 3.54. The van der Waals surface area contributed by atoms with E-state index in [9.17, 15) is 4.79 Å². The second kappa shape index (κ2) is 10.6. The van der Waals surface area contributed by atoms with Crippen molar-refractivity contribution in [3.8, 4) is 5.75 Å². The van der Waals surface area contributed by atoms with Gasteiger partial charge in [0, 0.05) is 19.3 Å². The maximum Gasteiger partial charge on any atom is 0.260 e. The molecule has 0 saturated carbocycles. The molecule has 0 spiro atoms. The van der Waals surface area contributed by atoms with Gasteiger partial charge in [-0.25, -0.2) is 0 Å². The Bertz CT molecular complexity index is 846. The molecule has 2 aromatic carbocycles. The number of amides is 1. The molecule has 1 aliphatic heterocycles. The highest BCUT2D eigenvalue weighted by Gasteiger charge is 2.17. The molecule has 0 N–H and O–H groups in total. The van der Waals surface area contributed by atoms with E-state index >= 15 is 0 Å². The van der Waals surface area contributed by atoms with Gasteiger partial charge in [0.1, 0.15) is 5.75 Å². The fraction of sp³-hybridized carbons (Fsp3) is 0.391. The molecular formula is C23H27BrN2O3. The maximum absolute atomic E-state index is 12.2. The van der Waals surface area contributed by atoms with Gasteiger partial charge in [0.2, 0.25) is 0 Å². The fourth-order valence-electron chi connectivity index (χ4n) is 3.03. The molecule has 1 aliphatic rings. The Hall–Kier alpha value is -2.18. The van der Waals surface area contributed by atoms with Crippen LogP contribution in [0, 0.1) is 0 Å². The molecule has 0 bridgehead atoms. The summed E-state index contributed by atoms with van der Waals surface area (Å²) in [5, 5.41) is 0. The number of morpholine rings is 1. The van der Waals surface area contributed by atoms with Crippen LogP contribution < -0.4 is 4.74 Å². The van der Waals surface area contributed by atoms with Crippen molar-refractivity contribution in [3.05, 3.63) is 58.1 Å². The standard InChI is InChI=1S/C23H27BrN2O3/c1-3-17(2)19-5-7-20(8-6-19)25-15-18-4-9-22(21(24)14-18)29-16-23(27)26-10-12-28-13-11-26/h4-9,14-15,17H,3,10-13,16H2,1-2H3/t17-/m1/s1. The van der Waals surface area contributed by atoms with E-state index < -0.39 is 0 Å². The van der Waals surface area contributed by atoms with Gasteiger partial charge in [0.15, 0.2) is 6.61 Å². The van der Waals surface area contributed by atoms with Crippen molar-refractivity contribution >= 4 is 33.7 Å². The van der Waals surface area contributed by atoms with Crippen LogP contribution in [0.4, 0.5) is 5.69 Å². The Morgan fingerprint density at radius 1 is 1.24 bits per heavy atom. The predicted octanol–water partition coefficient (Wildman–Crippen LogP) is 4.95. The number of hydrogen-bond acceptors (Lipinski definition) is 4. The van der Waals surface area contributed by atoms with Gasteiger partial charge in [-0.15, -0.1) is 0 Å². The molecule has 1 atom stereocenters. The maximum atomic E-state index is 12.2. The summed E-state index contributed by atoms with van der Waals surface area (Å²) in [6.07, 6.45) is 2.95. The molecule has 0 aromatic heterocycles. The van der Waals surface area contributed by atoms with E-state index in [1.165, 1.54) is 5.56 Å². The average Bonchev–Trinajstić information content (AvgIpc) is 2.77. The van der Waals surface area contributed by atoms with E-state index in [0.29, 0.717) is 38.0 Å². The van der Waals surface area contributed by atoms with E-state index in [-0.39, 0.29) is 12.5 Å². The molecule has 1 heterocycles. The number of carbonyl (C=O) groups is 1. The van der Waals surface area contributed by atoms with Gasteiger partial charge in [0.25, 0.3) is 5.91 Å². The van der Waals surface area contributed by atoms with Crippen molar-refractivity contribution in [2.45, 2.75) is 26.2 Å². The molecule has 154 valence electrons. The zero-order chi connectivity index (χ0) is 20.6. The Morgan fingerprint density at radius 2 is 1.97 bits per heavy atom. The van der Waals surface area contributed by atoms with Gasteiger partial charge in [-0.05, 0) is 69.7 Å².